The molecule has 8 nitrogen and oxygen atoms in total. The fraction of sp³-hybridized carbons (Fsp3) is 0.579. The van der Waals surface area contributed by atoms with E-state index in [-0.39, 0.29) is 18.5 Å². The van der Waals surface area contributed by atoms with Crippen LogP contribution in [0.2, 0.25) is 0 Å². The Morgan fingerprint density at radius 1 is 1.37 bits per heavy atom. The van der Waals surface area contributed by atoms with Crippen molar-refractivity contribution in [2.24, 2.45) is 5.11 Å². The van der Waals surface area contributed by atoms with Gasteiger partial charge in [0.2, 0.25) is 5.91 Å². The molecule has 8 heteroatoms. The van der Waals surface area contributed by atoms with Crippen LogP contribution in [0.25, 0.3) is 10.4 Å². The second-order valence-corrected chi connectivity index (χ2v) is 7.63. The quantitative estimate of drug-likeness (QED) is 0.469. The van der Waals surface area contributed by atoms with Crippen LogP contribution in [0.15, 0.2) is 35.4 Å². The first-order valence-electron chi connectivity index (χ1n) is 9.15. The molecule has 2 rings (SSSR count). The van der Waals surface area contributed by atoms with Gasteiger partial charge in [-0.3, -0.25) is 4.79 Å². The topological polar surface area (TPSA) is 107 Å². The van der Waals surface area contributed by atoms with Crippen LogP contribution in [-0.4, -0.2) is 47.7 Å². The van der Waals surface area contributed by atoms with E-state index in [4.69, 9.17) is 10.3 Å². The molecule has 1 heterocycles. The molecule has 1 aromatic rings. The Hall–Kier alpha value is -2.73. The molecule has 0 spiro atoms. The van der Waals surface area contributed by atoms with E-state index in [1.807, 2.05) is 30.3 Å². The summed E-state index contributed by atoms with van der Waals surface area (Å²) in [6.07, 6.45) is 1.38. The lowest BCUT2D eigenvalue weighted by atomic mass is 10.0. The van der Waals surface area contributed by atoms with Crippen molar-refractivity contribution in [1.82, 2.24) is 10.2 Å². The summed E-state index contributed by atoms with van der Waals surface area (Å²) in [5.41, 5.74) is 8.86. The highest BCUT2D eigenvalue weighted by Crippen LogP contribution is 2.20. The molecule has 0 aliphatic carbocycles. The van der Waals surface area contributed by atoms with E-state index in [0.717, 1.165) is 18.4 Å². The molecule has 1 aromatic carbocycles. The summed E-state index contributed by atoms with van der Waals surface area (Å²) < 4.78 is 5.32. The summed E-state index contributed by atoms with van der Waals surface area (Å²) in [5.74, 6) is -0.180. The van der Waals surface area contributed by atoms with Gasteiger partial charge < -0.3 is 15.0 Å². The first-order valence-corrected chi connectivity index (χ1v) is 9.15. The van der Waals surface area contributed by atoms with Crippen LogP contribution < -0.4 is 5.32 Å². The zero-order valence-corrected chi connectivity index (χ0v) is 16.1. The molecule has 2 atom stereocenters. The van der Waals surface area contributed by atoms with E-state index in [1.54, 1.807) is 25.7 Å². The van der Waals surface area contributed by atoms with Crippen LogP contribution in [0.3, 0.4) is 0 Å². The largest absolute Gasteiger partial charge is 0.444 e. The number of ether oxygens (including phenoxy) is 1. The van der Waals surface area contributed by atoms with Gasteiger partial charge in [-0.05, 0) is 44.7 Å². The van der Waals surface area contributed by atoms with Gasteiger partial charge in [0.15, 0.2) is 0 Å². The van der Waals surface area contributed by atoms with Crippen LogP contribution in [0, 0.1) is 0 Å². The molecule has 1 aliphatic rings. The van der Waals surface area contributed by atoms with Crippen LogP contribution in [0.1, 0.15) is 39.2 Å². The maximum Gasteiger partial charge on any atom is 0.408 e. The Kier molecular flexibility index (Phi) is 7.07. The molecular formula is C19H27N5O3. The molecule has 1 fully saturated rings. The highest BCUT2D eigenvalue weighted by atomic mass is 16.6. The maximum atomic E-state index is 13.1. The summed E-state index contributed by atoms with van der Waals surface area (Å²) in [6, 6.07) is 8.64. The number of likely N-dealkylation sites (tertiary alicyclic amines) is 1. The van der Waals surface area contributed by atoms with Gasteiger partial charge >= 0.3 is 6.09 Å². The number of benzene rings is 1. The fourth-order valence-electron chi connectivity index (χ4n) is 3.15. The zero-order chi connectivity index (χ0) is 19.9. The minimum Gasteiger partial charge on any atom is -0.444 e. The SMILES string of the molecule is CC(C)(C)OC(=O)N[C@H](Cc1ccccc1)C(=O)N1CCC[C@H]1CN=[N+]=[N-]. The first-order chi connectivity index (χ1) is 12.8. The smallest absolute Gasteiger partial charge is 0.408 e. The van der Waals surface area contributed by atoms with Crippen molar-refractivity contribution in [2.45, 2.75) is 57.7 Å². The summed E-state index contributed by atoms with van der Waals surface area (Å²) in [6.45, 7) is 6.16. The second kappa shape index (κ2) is 9.28. The Balaban J connectivity index is 2.15. The lowest BCUT2D eigenvalue weighted by molar-refractivity contribution is -0.134. The van der Waals surface area contributed by atoms with E-state index in [2.05, 4.69) is 15.3 Å². The normalized spacial score (nSPS) is 17.7. The molecule has 0 bridgehead atoms. The monoisotopic (exact) mass is 373 g/mol. The van der Waals surface area contributed by atoms with E-state index >= 15 is 0 Å². The summed E-state index contributed by atoms with van der Waals surface area (Å²) in [4.78, 5) is 29.9. The zero-order valence-electron chi connectivity index (χ0n) is 16.1. The average molecular weight is 373 g/mol. The number of azide groups is 1. The summed E-state index contributed by atoms with van der Waals surface area (Å²) in [7, 11) is 0. The van der Waals surface area contributed by atoms with E-state index in [9.17, 15) is 9.59 Å². The van der Waals surface area contributed by atoms with Gasteiger partial charge in [-0.2, -0.15) is 0 Å². The number of nitrogens with one attached hydrogen (secondary N) is 1. The van der Waals surface area contributed by atoms with Crippen LogP contribution in [0.5, 0.6) is 0 Å². The lowest BCUT2D eigenvalue weighted by Crippen LogP contribution is -2.52. The van der Waals surface area contributed by atoms with Crippen molar-refractivity contribution in [1.29, 1.82) is 0 Å². The maximum absolute atomic E-state index is 13.1. The van der Waals surface area contributed by atoms with E-state index in [1.165, 1.54) is 0 Å². The standard InChI is InChI=1S/C19H27N5O3/c1-19(2,3)27-18(26)22-16(12-14-8-5-4-6-9-14)17(25)24-11-7-10-15(24)13-21-23-20/h4-6,8-9,15-16H,7,10-13H2,1-3H3,(H,22,26)/t15-,16+/m0/s1. The van der Waals surface area contributed by atoms with Crippen molar-refractivity contribution in [2.75, 3.05) is 13.1 Å². The highest BCUT2D eigenvalue weighted by molar-refractivity contribution is 5.86. The number of hydrogen-bond donors (Lipinski definition) is 1. The van der Waals surface area contributed by atoms with Crippen molar-refractivity contribution >= 4 is 12.0 Å². The third-order valence-electron chi connectivity index (χ3n) is 4.29. The third-order valence-corrected chi connectivity index (χ3v) is 4.29. The van der Waals surface area contributed by atoms with Gasteiger partial charge in [-0.25, -0.2) is 4.79 Å². The van der Waals surface area contributed by atoms with Gasteiger partial charge in [0, 0.05) is 30.5 Å². The number of carbonyl (C=O) groups excluding carboxylic acids is 2. The Morgan fingerprint density at radius 3 is 2.70 bits per heavy atom. The van der Waals surface area contributed by atoms with Crippen molar-refractivity contribution in [3.8, 4) is 0 Å². The molecule has 0 aromatic heterocycles. The number of rotatable bonds is 6. The molecule has 1 saturated heterocycles. The first kappa shape index (κ1) is 20.6. The minimum atomic E-state index is -0.742. The van der Waals surface area contributed by atoms with Gasteiger partial charge in [-0.15, -0.1) is 0 Å². The Bertz CT molecular complexity index is 695. The van der Waals surface area contributed by atoms with Crippen molar-refractivity contribution < 1.29 is 14.3 Å². The fourth-order valence-corrected chi connectivity index (χ4v) is 3.15. The molecule has 1 aliphatic heterocycles. The third kappa shape index (κ3) is 6.49. The van der Waals surface area contributed by atoms with Gasteiger partial charge in [0.1, 0.15) is 11.6 Å². The molecule has 2 amide bonds. The van der Waals surface area contributed by atoms with Gasteiger partial charge in [-0.1, -0.05) is 35.4 Å². The van der Waals surface area contributed by atoms with E-state index < -0.39 is 17.7 Å². The average Bonchev–Trinajstić information content (AvgIpc) is 3.06. The summed E-state index contributed by atoms with van der Waals surface area (Å²) >= 11 is 0. The number of hydrogen-bond acceptors (Lipinski definition) is 4. The minimum absolute atomic E-state index is 0.132. The van der Waals surface area contributed by atoms with Crippen molar-refractivity contribution in [3.63, 3.8) is 0 Å². The molecule has 27 heavy (non-hydrogen) atoms. The molecule has 0 saturated carbocycles. The number of alkyl carbamates (subject to hydrolysis) is 1. The van der Waals surface area contributed by atoms with Gasteiger partial charge in [0.05, 0.1) is 0 Å². The molecule has 0 radical (unpaired) electrons. The predicted octanol–water partition coefficient (Wildman–Crippen LogP) is 3.42. The molecule has 146 valence electrons. The molecule has 1 N–H and O–H groups in total. The second-order valence-electron chi connectivity index (χ2n) is 7.63. The Morgan fingerprint density at radius 2 is 2.07 bits per heavy atom. The van der Waals surface area contributed by atoms with E-state index in [0.29, 0.717) is 13.0 Å². The number of nitrogens with zero attached hydrogens (tertiary/aromatic N) is 4. The lowest BCUT2D eigenvalue weighted by Gasteiger charge is -2.29. The van der Waals surface area contributed by atoms with Crippen LogP contribution in [-0.2, 0) is 16.0 Å². The molecule has 0 unspecified atom stereocenters. The highest BCUT2D eigenvalue weighted by Gasteiger charge is 2.34. The predicted molar refractivity (Wildman–Crippen MR) is 102 cm³/mol. The number of amides is 2. The number of carbonyl (C=O) groups is 2. The van der Waals surface area contributed by atoms with Crippen LogP contribution in [0.4, 0.5) is 4.79 Å². The van der Waals surface area contributed by atoms with Crippen molar-refractivity contribution in [3.05, 3.63) is 46.3 Å². The van der Waals surface area contributed by atoms with Crippen LogP contribution >= 0.6 is 0 Å². The van der Waals surface area contributed by atoms with Gasteiger partial charge in [0.25, 0.3) is 0 Å². The Labute approximate surface area is 159 Å². The molecular weight excluding hydrogens is 346 g/mol. The summed E-state index contributed by atoms with van der Waals surface area (Å²) in [5, 5.41) is 6.33.